The number of rotatable bonds is 4. The molecule has 1 aliphatic heterocycles. The number of hydrogen-bond donors (Lipinski definition) is 2. The van der Waals surface area contributed by atoms with E-state index in [9.17, 15) is 4.79 Å². The number of carbonyl (C=O) groups excluding carboxylic acids is 1. The zero-order valence-electron chi connectivity index (χ0n) is 10.1. The van der Waals surface area contributed by atoms with Gasteiger partial charge in [0.1, 0.15) is 18.0 Å². The lowest BCUT2D eigenvalue weighted by atomic mass is 10.2. The first-order valence-electron chi connectivity index (χ1n) is 5.68. The fraction of sp³-hybridized carbons (Fsp3) is 0.545. The summed E-state index contributed by atoms with van der Waals surface area (Å²) < 4.78 is 0. The Balaban J connectivity index is 1.90. The maximum absolute atomic E-state index is 11.0. The summed E-state index contributed by atoms with van der Waals surface area (Å²) in [7, 11) is 3.87. The van der Waals surface area contributed by atoms with Gasteiger partial charge in [-0.05, 0) is 6.42 Å². The SMILES string of the molecule is CN(C)c1cc(NC[C@H]2CCC(=O)N2)ncn1. The molecule has 1 saturated heterocycles. The van der Waals surface area contributed by atoms with E-state index in [0.717, 1.165) is 18.1 Å². The zero-order valence-corrected chi connectivity index (χ0v) is 10.1. The molecule has 2 N–H and O–H groups in total. The van der Waals surface area contributed by atoms with Crippen molar-refractivity contribution in [1.29, 1.82) is 0 Å². The van der Waals surface area contributed by atoms with Gasteiger partial charge >= 0.3 is 0 Å². The first-order valence-corrected chi connectivity index (χ1v) is 5.68. The number of amides is 1. The summed E-state index contributed by atoms with van der Waals surface area (Å²) in [5, 5.41) is 6.12. The fourth-order valence-electron chi connectivity index (χ4n) is 1.75. The molecule has 0 radical (unpaired) electrons. The first-order chi connectivity index (χ1) is 8.15. The van der Waals surface area contributed by atoms with E-state index < -0.39 is 0 Å². The van der Waals surface area contributed by atoms with Crippen LogP contribution in [0.15, 0.2) is 12.4 Å². The van der Waals surface area contributed by atoms with Gasteiger partial charge in [0.2, 0.25) is 5.91 Å². The normalized spacial score (nSPS) is 18.9. The largest absolute Gasteiger partial charge is 0.368 e. The molecule has 1 aromatic rings. The number of nitrogens with zero attached hydrogens (tertiary/aromatic N) is 3. The van der Waals surface area contributed by atoms with Gasteiger partial charge in [-0.2, -0.15) is 0 Å². The summed E-state index contributed by atoms with van der Waals surface area (Å²) >= 11 is 0. The molecule has 2 rings (SSSR count). The van der Waals surface area contributed by atoms with Gasteiger partial charge in [-0.15, -0.1) is 0 Å². The van der Waals surface area contributed by atoms with Crippen LogP contribution in [0.5, 0.6) is 0 Å². The predicted octanol–water partition coefficient (Wildman–Crippen LogP) is 0.233. The van der Waals surface area contributed by atoms with Crippen LogP contribution in [0.1, 0.15) is 12.8 Å². The van der Waals surface area contributed by atoms with Crippen molar-refractivity contribution in [3.63, 3.8) is 0 Å². The van der Waals surface area contributed by atoms with E-state index in [1.54, 1.807) is 0 Å². The molecule has 0 aliphatic carbocycles. The monoisotopic (exact) mass is 235 g/mol. The Morgan fingerprint density at radius 1 is 1.53 bits per heavy atom. The van der Waals surface area contributed by atoms with Crippen LogP contribution in [0.4, 0.5) is 11.6 Å². The summed E-state index contributed by atoms with van der Waals surface area (Å²) in [6.07, 6.45) is 3.04. The average Bonchev–Trinajstić information content (AvgIpc) is 2.73. The van der Waals surface area contributed by atoms with Crippen LogP contribution >= 0.6 is 0 Å². The Morgan fingerprint density at radius 3 is 3.00 bits per heavy atom. The van der Waals surface area contributed by atoms with E-state index in [1.165, 1.54) is 6.33 Å². The van der Waals surface area contributed by atoms with Gasteiger partial charge in [0.05, 0.1) is 0 Å². The lowest BCUT2D eigenvalue weighted by molar-refractivity contribution is -0.119. The molecule has 0 unspecified atom stereocenters. The molecule has 0 spiro atoms. The molecular formula is C11H17N5O. The van der Waals surface area contributed by atoms with Crippen LogP contribution in [0, 0.1) is 0 Å². The van der Waals surface area contributed by atoms with E-state index >= 15 is 0 Å². The lowest BCUT2D eigenvalue weighted by Gasteiger charge is -2.14. The zero-order chi connectivity index (χ0) is 12.3. The number of nitrogens with one attached hydrogen (secondary N) is 2. The average molecular weight is 235 g/mol. The summed E-state index contributed by atoms with van der Waals surface area (Å²) in [6.45, 7) is 0.704. The number of carbonyl (C=O) groups is 1. The molecule has 1 aliphatic rings. The molecule has 0 bridgehead atoms. The highest BCUT2D eigenvalue weighted by Crippen LogP contribution is 2.12. The topological polar surface area (TPSA) is 70.2 Å². The molecule has 0 aromatic carbocycles. The highest BCUT2D eigenvalue weighted by atomic mass is 16.1. The Labute approximate surface area is 100 Å². The van der Waals surface area contributed by atoms with Crippen molar-refractivity contribution in [3.8, 4) is 0 Å². The number of anilines is 2. The third kappa shape index (κ3) is 3.05. The van der Waals surface area contributed by atoms with Crippen LogP contribution in [0.2, 0.25) is 0 Å². The molecule has 17 heavy (non-hydrogen) atoms. The van der Waals surface area contributed by atoms with Crippen molar-refractivity contribution in [2.45, 2.75) is 18.9 Å². The third-order valence-electron chi connectivity index (χ3n) is 2.73. The Bertz CT molecular complexity index is 407. The Hall–Kier alpha value is -1.85. The van der Waals surface area contributed by atoms with Gasteiger partial charge in [-0.3, -0.25) is 4.79 Å². The number of aromatic nitrogens is 2. The second-order valence-electron chi connectivity index (χ2n) is 4.34. The minimum atomic E-state index is 0.133. The van der Waals surface area contributed by atoms with Crippen LogP contribution < -0.4 is 15.5 Å². The van der Waals surface area contributed by atoms with E-state index in [1.807, 2.05) is 25.1 Å². The van der Waals surface area contributed by atoms with Crippen LogP contribution in [-0.4, -0.2) is 42.6 Å². The smallest absolute Gasteiger partial charge is 0.220 e. The van der Waals surface area contributed by atoms with Crippen LogP contribution in [-0.2, 0) is 4.79 Å². The first kappa shape index (κ1) is 11.6. The second kappa shape index (κ2) is 4.99. The third-order valence-corrected chi connectivity index (χ3v) is 2.73. The van der Waals surface area contributed by atoms with Gasteiger partial charge in [-0.1, -0.05) is 0 Å². The van der Waals surface area contributed by atoms with Crippen molar-refractivity contribution in [1.82, 2.24) is 15.3 Å². The van der Waals surface area contributed by atoms with Crippen LogP contribution in [0.25, 0.3) is 0 Å². The minimum Gasteiger partial charge on any atom is -0.368 e. The quantitative estimate of drug-likeness (QED) is 0.782. The molecule has 0 saturated carbocycles. The van der Waals surface area contributed by atoms with Crippen molar-refractivity contribution >= 4 is 17.5 Å². The lowest BCUT2D eigenvalue weighted by Crippen LogP contribution is -2.32. The number of hydrogen-bond acceptors (Lipinski definition) is 5. The molecule has 1 atom stereocenters. The molecule has 6 heteroatoms. The molecule has 2 heterocycles. The Kier molecular flexibility index (Phi) is 3.41. The van der Waals surface area contributed by atoms with Gasteiger partial charge in [0.25, 0.3) is 0 Å². The molecule has 1 amide bonds. The second-order valence-corrected chi connectivity index (χ2v) is 4.34. The summed E-state index contributed by atoms with van der Waals surface area (Å²) in [5.74, 6) is 1.77. The fourth-order valence-corrected chi connectivity index (χ4v) is 1.75. The van der Waals surface area contributed by atoms with Crippen LogP contribution in [0.3, 0.4) is 0 Å². The molecule has 1 fully saturated rings. The standard InChI is InChI=1S/C11H17N5O/c1-16(2)10-5-9(13-7-14-10)12-6-8-3-4-11(17)15-8/h5,7-8H,3-4,6H2,1-2H3,(H,15,17)(H,12,13,14)/t8-/m1/s1. The van der Waals surface area contributed by atoms with Gasteiger partial charge in [0.15, 0.2) is 0 Å². The van der Waals surface area contributed by atoms with Gasteiger partial charge < -0.3 is 15.5 Å². The molecular weight excluding hydrogens is 218 g/mol. The minimum absolute atomic E-state index is 0.133. The van der Waals surface area contributed by atoms with E-state index in [4.69, 9.17) is 0 Å². The molecule has 1 aromatic heterocycles. The van der Waals surface area contributed by atoms with E-state index in [-0.39, 0.29) is 11.9 Å². The van der Waals surface area contributed by atoms with Gasteiger partial charge in [0, 0.05) is 39.2 Å². The van der Waals surface area contributed by atoms with Crippen molar-refractivity contribution in [2.75, 3.05) is 30.9 Å². The van der Waals surface area contributed by atoms with E-state index in [0.29, 0.717) is 13.0 Å². The van der Waals surface area contributed by atoms with Crippen molar-refractivity contribution in [2.24, 2.45) is 0 Å². The summed E-state index contributed by atoms with van der Waals surface area (Å²) in [5.41, 5.74) is 0. The predicted molar refractivity (Wildman–Crippen MR) is 66.0 cm³/mol. The maximum Gasteiger partial charge on any atom is 0.220 e. The molecule has 92 valence electrons. The summed E-state index contributed by atoms with van der Waals surface area (Å²) in [6, 6.07) is 2.09. The van der Waals surface area contributed by atoms with Crippen molar-refractivity contribution < 1.29 is 4.79 Å². The van der Waals surface area contributed by atoms with E-state index in [2.05, 4.69) is 20.6 Å². The van der Waals surface area contributed by atoms with Gasteiger partial charge in [-0.25, -0.2) is 9.97 Å². The molecule has 6 nitrogen and oxygen atoms in total. The maximum atomic E-state index is 11.0. The highest BCUT2D eigenvalue weighted by Gasteiger charge is 2.20. The Morgan fingerprint density at radius 2 is 2.35 bits per heavy atom. The summed E-state index contributed by atoms with van der Waals surface area (Å²) in [4.78, 5) is 21.2. The van der Waals surface area contributed by atoms with Crippen molar-refractivity contribution in [3.05, 3.63) is 12.4 Å². The highest BCUT2D eigenvalue weighted by molar-refractivity contribution is 5.78.